The molecule has 5 heterocycles. The molecule has 216 valence electrons. The number of phenols is 5. The minimum absolute atomic E-state index is 0.00902. The molecule has 4 aliphatic heterocycles. The standard InChI is InChI=1S/C33H24O10/c1-13-16-7-14(3-5-18(16)34)26-10-22(38)30-20(36)9-19(35)29(33(30)43-26)17-8-15(4-6-24(17)41-2)25-11-23(39)31-27(42-25)12-21(37)28(13)32(31)40/h3-10,12-13,25,34-37,40H,11H2,1-2H3/t13-,25-/m0/s1. The summed E-state index contributed by atoms with van der Waals surface area (Å²) in [4.78, 5) is 26.9. The van der Waals surface area contributed by atoms with Crippen molar-refractivity contribution in [2.24, 2.45) is 0 Å². The molecule has 10 nitrogen and oxygen atoms in total. The van der Waals surface area contributed by atoms with Crippen molar-refractivity contribution in [1.82, 2.24) is 0 Å². The van der Waals surface area contributed by atoms with Crippen molar-refractivity contribution in [2.75, 3.05) is 7.11 Å². The Bertz CT molecular complexity index is 2090. The number of hydrogen-bond acceptors (Lipinski definition) is 10. The molecule has 10 heteroatoms. The van der Waals surface area contributed by atoms with Crippen LogP contribution in [-0.2, 0) is 0 Å². The van der Waals surface area contributed by atoms with Crippen LogP contribution >= 0.6 is 0 Å². The number of benzene rings is 4. The first-order valence-electron chi connectivity index (χ1n) is 13.4. The minimum atomic E-state index is -0.852. The van der Waals surface area contributed by atoms with Gasteiger partial charge in [0.2, 0.25) is 0 Å². The summed E-state index contributed by atoms with van der Waals surface area (Å²) in [5.74, 6) is -2.79. The summed E-state index contributed by atoms with van der Waals surface area (Å²) in [6.45, 7) is 1.63. The van der Waals surface area contributed by atoms with E-state index in [2.05, 4.69) is 0 Å². The smallest absolute Gasteiger partial charge is 0.197 e. The molecule has 4 aliphatic rings. The summed E-state index contributed by atoms with van der Waals surface area (Å²) in [5.41, 5.74) is 0.653. The number of rotatable bonds is 1. The Labute approximate surface area is 243 Å². The molecule has 0 radical (unpaired) electrons. The maximum absolute atomic E-state index is 13.5. The first-order chi connectivity index (χ1) is 20.6. The second-order valence-corrected chi connectivity index (χ2v) is 10.7. The number of carbonyl (C=O) groups is 1. The molecule has 43 heavy (non-hydrogen) atoms. The van der Waals surface area contributed by atoms with Crippen LogP contribution in [0, 0.1) is 0 Å². The van der Waals surface area contributed by atoms with E-state index in [0.29, 0.717) is 16.9 Å². The molecule has 1 aromatic heterocycles. The van der Waals surface area contributed by atoms with Gasteiger partial charge >= 0.3 is 0 Å². The van der Waals surface area contributed by atoms with Gasteiger partial charge in [-0.1, -0.05) is 13.0 Å². The molecule has 9 rings (SSSR count). The largest absolute Gasteiger partial charge is 0.508 e. The summed E-state index contributed by atoms with van der Waals surface area (Å²) < 4.78 is 17.9. The van der Waals surface area contributed by atoms with Crippen LogP contribution in [0.2, 0.25) is 0 Å². The Balaban J connectivity index is 1.64. The highest BCUT2D eigenvalue weighted by molar-refractivity contribution is 6.04. The van der Waals surface area contributed by atoms with Crippen LogP contribution in [-0.4, -0.2) is 38.4 Å². The molecule has 0 fully saturated rings. The Morgan fingerprint density at radius 1 is 0.837 bits per heavy atom. The Kier molecular flexibility index (Phi) is 5.61. The van der Waals surface area contributed by atoms with E-state index < -0.39 is 40.5 Å². The molecule has 4 aromatic carbocycles. The van der Waals surface area contributed by atoms with Gasteiger partial charge in [-0.3, -0.25) is 9.59 Å². The lowest BCUT2D eigenvalue weighted by atomic mass is 9.86. The lowest BCUT2D eigenvalue weighted by Crippen LogP contribution is -2.21. The second-order valence-electron chi connectivity index (χ2n) is 10.7. The van der Waals surface area contributed by atoms with E-state index in [1.165, 1.54) is 37.4 Å². The molecular weight excluding hydrogens is 556 g/mol. The van der Waals surface area contributed by atoms with E-state index >= 15 is 0 Å². The van der Waals surface area contributed by atoms with Crippen molar-refractivity contribution >= 4 is 16.8 Å². The van der Waals surface area contributed by atoms with Crippen molar-refractivity contribution in [2.45, 2.75) is 25.4 Å². The Morgan fingerprint density at radius 3 is 2.40 bits per heavy atom. The van der Waals surface area contributed by atoms with Gasteiger partial charge in [-0.05, 0) is 35.9 Å². The van der Waals surface area contributed by atoms with Crippen molar-refractivity contribution in [3.05, 3.63) is 87.1 Å². The topological polar surface area (TPSA) is 167 Å². The normalized spacial score (nSPS) is 16.8. The maximum atomic E-state index is 13.5. The van der Waals surface area contributed by atoms with Gasteiger partial charge < -0.3 is 39.4 Å². The third kappa shape index (κ3) is 3.79. The monoisotopic (exact) mass is 580 g/mol. The minimum Gasteiger partial charge on any atom is -0.508 e. The number of ether oxygens (including phenoxy) is 2. The number of carbonyl (C=O) groups excluding carboxylic acids is 1. The van der Waals surface area contributed by atoms with E-state index in [1.54, 1.807) is 25.1 Å². The van der Waals surface area contributed by atoms with Gasteiger partial charge in [-0.2, -0.15) is 0 Å². The van der Waals surface area contributed by atoms with Gasteiger partial charge in [-0.25, -0.2) is 0 Å². The van der Waals surface area contributed by atoms with E-state index in [-0.39, 0.29) is 68.2 Å². The van der Waals surface area contributed by atoms with Crippen LogP contribution < -0.4 is 14.9 Å². The number of hydrogen-bond donors (Lipinski definition) is 5. The van der Waals surface area contributed by atoms with Crippen LogP contribution in [0.3, 0.4) is 0 Å². The molecule has 0 unspecified atom stereocenters. The first-order valence-corrected chi connectivity index (χ1v) is 13.4. The number of fused-ring (bicyclic) bond motifs is 2. The summed E-state index contributed by atoms with van der Waals surface area (Å²) in [6, 6.07) is 12.8. The highest BCUT2D eigenvalue weighted by atomic mass is 16.5. The van der Waals surface area contributed by atoms with E-state index in [9.17, 15) is 35.1 Å². The second kappa shape index (κ2) is 9.18. The van der Waals surface area contributed by atoms with Crippen molar-refractivity contribution in [1.29, 1.82) is 0 Å². The van der Waals surface area contributed by atoms with Crippen LogP contribution in [0.4, 0.5) is 0 Å². The van der Waals surface area contributed by atoms with Crippen LogP contribution in [0.15, 0.2) is 63.8 Å². The van der Waals surface area contributed by atoms with Crippen LogP contribution in [0.1, 0.15) is 52.4 Å². The zero-order chi connectivity index (χ0) is 30.3. The number of phenolic OH excluding ortho intramolecular Hbond substituents is 5. The predicted octanol–water partition coefficient (Wildman–Crippen LogP) is 5.84. The number of methoxy groups -OCH3 is 1. The fraction of sp³-hybridized carbons (Fsp3) is 0.152. The molecule has 2 atom stereocenters. The summed E-state index contributed by atoms with van der Waals surface area (Å²) in [6.07, 6.45) is -1.01. The summed E-state index contributed by atoms with van der Waals surface area (Å²) in [5, 5.41) is 54.8. The fourth-order valence-corrected chi connectivity index (χ4v) is 6.12. The quantitative estimate of drug-likeness (QED) is 0.163. The van der Waals surface area contributed by atoms with Crippen LogP contribution in [0.25, 0.3) is 33.4 Å². The van der Waals surface area contributed by atoms with Gasteiger partial charge in [-0.15, -0.1) is 0 Å². The highest BCUT2D eigenvalue weighted by Gasteiger charge is 2.35. The molecule has 5 aromatic rings. The molecule has 0 amide bonds. The highest BCUT2D eigenvalue weighted by Crippen LogP contribution is 2.51. The van der Waals surface area contributed by atoms with Crippen LogP contribution in [0.5, 0.6) is 40.2 Å². The zero-order valence-corrected chi connectivity index (χ0v) is 22.8. The number of aromatic hydroxyl groups is 5. The van der Waals surface area contributed by atoms with E-state index in [1.807, 2.05) is 0 Å². The van der Waals surface area contributed by atoms with Crippen molar-refractivity contribution in [3.63, 3.8) is 0 Å². The molecule has 0 saturated carbocycles. The number of Topliss-reactive ketones (excluding diaryl/α,β-unsaturated/α-hetero) is 1. The van der Waals surface area contributed by atoms with E-state index in [4.69, 9.17) is 13.9 Å². The van der Waals surface area contributed by atoms with Gasteiger partial charge in [0, 0.05) is 46.4 Å². The zero-order valence-electron chi connectivity index (χ0n) is 22.8. The van der Waals surface area contributed by atoms with E-state index in [0.717, 1.165) is 6.07 Å². The molecular formula is C33H24O10. The fourth-order valence-electron chi connectivity index (χ4n) is 6.12. The van der Waals surface area contributed by atoms with Crippen molar-refractivity contribution in [3.8, 4) is 62.7 Å². The third-order valence-corrected chi connectivity index (χ3v) is 8.24. The van der Waals surface area contributed by atoms with Gasteiger partial charge in [0.15, 0.2) is 16.8 Å². The average molecular weight is 581 g/mol. The Hall–Kier alpha value is -5.64. The van der Waals surface area contributed by atoms with Crippen molar-refractivity contribution < 1.29 is 44.2 Å². The SMILES string of the molecule is COc1ccc2cc1-c1c(O)cc(O)c3c(=O)cc(oc13)-c1ccc(O)c(c1)[C@H](C)c1c(O)cc3c(c1O)C(=O)C[C@@H]2O3. The Morgan fingerprint density at radius 2 is 1.63 bits per heavy atom. The summed E-state index contributed by atoms with van der Waals surface area (Å²) in [7, 11) is 1.43. The van der Waals surface area contributed by atoms with Gasteiger partial charge in [0.1, 0.15) is 63.1 Å². The summed E-state index contributed by atoms with van der Waals surface area (Å²) >= 11 is 0. The lowest BCUT2D eigenvalue weighted by molar-refractivity contribution is 0.0844. The lowest BCUT2D eigenvalue weighted by Gasteiger charge is -2.28. The first kappa shape index (κ1) is 26.3. The molecule has 0 saturated heterocycles. The predicted molar refractivity (Wildman–Crippen MR) is 155 cm³/mol. The third-order valence-electron chi connectivity index (χ3n) is 8.24. The number of ketones is 1. The molecule has 0 spiro atoms. The molecule has 10 bridgehead atoms. The molecule has 0 aliphatic carbocycles. The average Bonchev–Trinajstić information content (AvgIpc) is 2.96. The maximum Gasteiger partial charge on any atom is 0.197 e. The molecule has 5 N–H and O–H groups in total. The van der Waals surface area contributed by atoms with Gasteiger partial charge in [0.05, 0.1) is 19.1 Å². The van der Waals surface area contributed by atoms with Gasteiger partial charge in [0.25, 0.3) is 0 Å².